The fourth-order valence-electron chi connectivity index (χ4n) is 6.72. The van der Waals surface area contributed by atoms with E-state index in [0.29, 0.717) is 25.6 Å². The maximum atomic E-state index is 12.5. The third-order valence-electron chi connectivity index (χ3n) is 9.35. The van der Waals surface area contributed by atoms with E-state index in [2.05, 4.69) is 51.9 Å². The summed E-state index contributed by atoms with van der Waals surface area (Å²) in [5, 5.41) is 15.4. The SMILES string of the molecule is COCC1CCCN1CC1CC(c2ccc(CO)cc2)OC(c2ccc(-c3ccccc3CNC(=O)CCCCCNC(C)=O)cc2)O1. The summed E-state index contributed by atoms with van der Waals surface area (Å²) in [6, 6.07) is 24.9. The molecule has 4 atom stereocenters. The largest absolute Gasteiger partial charge is 0.392 e. The van der Waals surface area contributed by atoms with E-state index < -0.39 is 6.29 Å². The Hall–Kier alpha value is -3.60. The van der Waals surface area contributed by atoms with Crippen LogP contribution in [0.4, 0.5) is 0 Å². The highest BCUT2D eigenvalue weighted by Gasteiger charge is 2.35. The van der Waals surface area contributed by atoms with Gasteiger partial charge in [-0.05, 0) is 60.0 Å². The number of carbonyl (C=O) groups is 2. The lowest BCUT2D eigenvalue weighted by Crippen LogP contribution is -2.42. The topological polar surface area (TPSA) is 109 Å². The van der Waals surface area contributed by atoms with Gasteiger partial charge in [0.15, 0.2) is 6.29 Å². The van der Waals surface area contributed by atoms with Gasteiger partial charge in [-0.3, -0.25) is 14.5 Å². The summed E-state index contributed by atoms with van der Waals surface area (Å²) in [4.78, 5) is 26.0. The predicted molar refractivity (Wildman–Crippen MR) is 186 cm³/mol. The second kappa shape index (κ2) is 18.2. The summed E-state index contributed by atoms with van der Waals surface area (Å²) in [6.07, 6.45) is 5.43. The molecule has 2 amide bonds. The quantitative estimate of drug-likeness (QED) is 0.167. The second-order valence-electron chi connectivity index (χ2n) is 12.9. The fraction of sp³-hybridized carbons (Fsp3) is 0.487. The van der Waals surface area contributed by atoms with Crippen LogP contribution in [0.3, 0.4) is 0 Å². The highest BCUT2D eigenvalue weighted by Crippen LogP contribution is 2.39. The number of nitrogens with zero attached hydrogens (tertiary/aromatic N) is 1. The van der Waals surface area contributed by atoms with Gasteiger partial charge in [0.25, 0.3) is 0 Å². The minimum absolute atomic E-state index is 0.00931. The van der Waals surface area contributed by atoms with Crippen molar-refractivity contribution in [2.45, 2.75) is 89.6 Å². The molecule has 2 aliphatic heterocycles. The van der Waals surface area contributed by atoms with Crippen molar-refractivity contribution < 1.29 is 28.9 Å². The van der Waals surface area contributed by atoms with Crippen molar-refractivity contribution in [3.05, 3.63) is 95.1 Å². The first kappa shape index (κ1) is 35.7. The molecule has 3 aromatic rings. The monoisotopic (exact) mass is 657 g/mol. The number of aliphatic hydroxyl groups is 1. The van der Waals surface area contributed by atoms with E-state index in [-0.39, 0.29) is 30.6 Å². The van der Waals surface area contributed by atoms with Crippen molar-refractivity contribution in [3.8, 4) is 11.1 Å². The Morgan fingerprint density at radius 2 is 1.71 bits per heavy atom. The van der Waals surface area contributed by atoms with Gasteiger partial charge in [-0.1, -0.05) is 79.2 Å². The molecule has 258 valence electrons. The molecule has 3 N–H and O–H groups in total. The third-order valence-corrected chi connectivity index (χ3v) is 9.35. The molecule has 0 saturated carbocycles. The van der Waals surface area contributed by atoms with Crippen molar-refractivity contribution in [3.63, 3.8) is 0 Å². The molecule has 0 bridgehead atoms. The van der Waals surface area contributed by atoms with Gasteiger partial charge in [-0.2, -0.15) is 0 Å². The number of hydrogen-bond acceptors (Lipinski definition) is 7. The number of aliphatic hydroxyl groups excluding tert-OH is 1. The summed E-state index contributed by atoms with van der Waals surface area (Å²) in [7, 11) is 1.77. The Balaban J connectivity index is 1.24. The van der Waals surface area contributed by atoms with E-state index in [1.54, 1.807) is 7.11 Å². The summed E-state index contributed by atoms with van der Waals surface area (Å²) in [5.41, 5.74) is 6.10. The summed E-state index contributed by atoms with van der Waals surface area (Å²) in [5.74, 6) is 0.00835. The van der Waals surface area contributed by atoms with E-state index in [0.717, 1.165) is 85.2 Å². The number of amides is 2. The Kier molecular flexibility index (Phi) is 13.6. The van der Waals surface area contributed by atoms with Gasteiger partial charge in [0.2, 0.25) is 11.8 Å². The fourth-order valence-corrected chi connectivity index (χ4v) is 6.72. The minimum Gasteiger partial charge on any atom is -0.392 e. The maximum absolute atomic E-state index is 12.5. The molecule has 2 heterocycles. The van der Waals surface area contributed by atoms with Gasteiger partial charge in [0.05, 0.1) is 25.4 Å². The first-order valence-electron chi connectivity index (χ1n) is 17.4. The zero-order valence-corrected chi connectivity index (χ0v) is 28.4. The molecule has 9 nitrogen and oxygen atoms in total. The van der Waals surface area contributed by atoms with Gasteiger partial charge in [0, 0.05) is 58.1 Å². The predicted octanol–water partition coefficient (Wildman–Crippen LogP) is 5.81. The molecule has 0 aromatic heterocycles. The Bertz CT molecular complexity index is 1450. The van der Waals surface area contributed by atoms with E-state index in [1.807, 2.05) is 36.4 Å². The van der Waals surface area contributed by atoms with Crippen LogP contribution < -0.4 is 10.6 Å². The van der Waals surface area contributed by atoms with Crippen LogP contribution in [-0.4, -0.2) is 67.3 Å². The molecule has 48 heavy (non-hydrogen) atoms. The van der Waals surface area contributed by atoms with Crippen molar-refractivity contribution in [1.82, 2.24) is 15.5 Å². The number of likely N-dealkylation sites (tertiary alicyclic amines) is 1. The minimum atomic E-state index is -0.517. The molecule has 0 spiro atoms. The van der Waals surface area contributed by atoms with E-state index >= 15 is 0 Å². The van der Waals surface area contributed by atoms with Crippen LogP contribution in [0.1, 0.15) is 86.5 Å². The third kappa shape index (κ3) is 10.2. The van der Waals surface area contributed by atoms with Crippen LogP contribution in [0.2, 0.25) is 0 Å². The lowest BCUT2D eigenvalue weighted by atomic mass is 9.97. The van der Waals surface area contributed by atoms with Crippen molar-refractivity contribution in [2.75, 3.05) is 33.4 Å². The van der Waals surface area contributed by atoms with Gasteiger partial charge < -0.3 is 30.0 Å². The Labute approximate surface area is 285 Å². The molecule has 0 radical (unpaired) electrons. The number of ether oxygens (including phenoxy) is 3. The van der Waals surface area contributed by atoms with Crippen LogP contribution in [0.5, 0.6) is 0 Å². The Morgan fingerprint density at radius 3 is 2.46 bits per heavy atom. The molecular formula is C39H51N3O6. The molecule has 0 aliphatic carbocycles. The molecule has 4 unspecified atom stereocenters. The number of methoxy groups -OCH3 is 1. The van der Waals surface area contributed by atoms with Crippen molar-refractivity contribution >= 4 is 11.8 Å². The second-order valence-corrected chi connectivity index (χ2v) is 12.9. The summed E-state index contributed by atoms with van der Waals surface area (Å²) < 4.78 is 18.8. The molecule has 2 fully saturated rings. The standard InChI is InChI=1S/C39H51N3O6/c1-28(44)40-21-7-3-4-12-38(45)41-24-33-9-5-6-11-36(33)30-17-19-32(20-18-30)39-47-35(25-42-22-8-10-34(42)27-46-2)23-37(48-39)31-15-13-29(26-43)14-16-31/h5-6,9,11,13-20,34-35,37,39,43H,3-4,7-8,10,12,21-27H2,1-2H3,(H,40,44)(H,41,45). The molecular weight excluding hydrogens is 606 g/mol. The average molecular weight is 658 g/mol. The van der Waals surface area contributed by atoms with Gasteiger partial charge in [-0.15, -0.1) is 0 Å². The lowest BCUT2D eigenvalue weighted by molar-refractivity contribution is -0.253. The van der Waals surface area contributed by atoms with Crippen molar-refractivity contribution in [2.24, 2.45) is 0 Å². The molecule has 3 aromatic carbocycles. The Morgan fingerprint density at radius 1 is 0.938 bits per heavy atom. The average Bonchev–Trinajstić information content (AvgIpc) is 3.55. The highest BCUT2D eigenvalue weighted by atomic mass is 16.7. The number of rotatable bonds is 16. The number of hydrogen-bond donors (Lipinski definition) is 3. The number of nitrogens with one attached hydrogen (secondary N) is 2. The molecule has 9 heteroatoms. The summed E-state index contributed by atoms with van der Waals surface area (Å²) >= 11 is 0. The smallest absolute Gasteiger partial charge is 0.220 e. The zero-order chi connectivity index (χ0) is 33.7. The van der Waals surface area contributed by atoms with Gasteiger partial charge in [-0.25, -0.2) is 0 Å². The van der Waals surface area contributed by atoms with Crippen LogP contribution in [0.25, 0.3) is 11.1 Å². The van der Waals surface area contributed by atoms with Crippen molar-refractivity contribution in [1.29, 1.82) is 0 Å². The summed E-state index contributed by atoms with van der Waals surface area (Å²) in [6.45, 7) is 5.23. The normalized spacial score (nSPS) is 21.2. The van der Waals surface area contributed by atoms with E-state index in [9.17, 15) is 14.7 Å². The van der Waals surface area contributed by atoms with Crippen LogP contribution >= 0.6 is 0 Å². The number of carbonyl (C=O) groups excluding carboxylic acids is 2. The first-order chi connectivity index (χ1) is 23.4. The van der Waals surface area contributed by atoms with Crippen LogP contribution in [0.15, 0.2) is 72.8 Å². The van der Waals surface area contributed by atoms with Crippen LogP contribution in [-0.2, 0) is 37.0 Å². The maximum Gasteiger partial charge on any atom is 0.220 e. The van der Waals surface area contributed by atoms with Crippen LogP contribution in [0, 0.1) is 0 Å². The molecule has 5 rings (SSSR count). The van der Waals surface area contributed by atoms with Gasteiger partial charge in [0.1, 0.15) is 0 Å². The number of benzene rings is 3. The number of unbranched alkanes of at least 4 members (excludes halogenated alkanes) is 2. The zero-order valence-electron chi connectivity index (χ0n) is 28.4. The van der Waals surface area contributed by atoms with E-state index in [1.165, 1.54) is 13.3 Å². The lowest BCUT2D eigenvalue weighted by Gasteiger charge is -2.38. The van der Waals surface area contributed by atoms with Gasteiger partial charge >= 0.3 is 0 Å². The highest BCUT2D eigenvalue weighted by molar-refractivity contribution is 5.76. The molecule has 2 saturated heterocycles. The first-order valence-corrected chi connectivity index (χ1v) is 17.4. The molecule has 2 aliphatic rings. The van der Waals surface area contributed by atoms with E-state index in [4.69, 9.17) is 14.2 Å².